The number of fused-ring (bicyclic) bond motifs is 2. The van der Waals surface area contributed by atoms with Gasteiger partial charge in [-0.25, -0.2) is 0 Å². The number of carbonyl (C=O) groups excluding carboxylic acids is 3. The number of aliphatic hydroxyl groups is 1. The van der Waals surface area contributed by atoms with Crippen LogP contribution in [0.2, 0.25) is 0 Å². The maximum absolute atomic E-state index is 14.7. The maximum atomic E-state index is 14.7. The molecule has 7 nitrogen and oxygen atoms in total. The van der Waals surface area contributed by atoms with Gasteiger partial charge in [-0.15, -0.1) is 11.8 Å². The van der Waals surface area contributed by atoms with Crippen molar-refractivity contribution in [2.24, 2.45) is 11.8 Å². The van der Waals surface area contributed by atoms with E-state index in [2.05, 4.69) is 31.2 Å². The van der Waals surface area contributed by atoms with E-state index in [1.54, 1.807) is 16.7 Å². The van der Waals surface area contributed by atoms with Crippen molar-refractivity contribution < 1.29 is 19.5 Å². The lowest BCUT2D eigenvalue weighted by atomic mass is 9.78. The summed E-state index contributed by atoms with van der Waals surface area (Å²) in [5.41, 5.74) is 0.801. The van der Waals surface area contributed by atoms with Crippen LogP contribution in [0.4, 0.5) is 0 Å². The van der Waals surface area contributed by atoms with Crippen LogP contribution in [-0.4, -0.2) is 85.8 Å². The normalized spacial score (nSPS) is 33.6. The molecule has 3 amide bonds. The first-order chi connectivity index (χ1) is 19.0. The number of thioether (sulfide) groups is 1. The van der Waals surface area contributed by atoms with Gasteiger partial charge in [0.05, 0.1) is 29.2 Å². The summed E-state index contributed by atoms with van der Waals surface area (Å²) in [4.78, 5) is 48.9. The number of aliphatic hydroxyl groups excluding tert-OH is 1. The molecule has 0 aromatic heterocycles. The summed E-state index contributed by atoms with van der Waals surface area (Å²) in [7, 11) is 0. The second-order valence-corrected chi connectivity index (χ2v) is 13.1. The molecule has 208 valence electrons. The van der Waals surface area contributed by atoms with Gasteiger partial charge in [0.15, 0.2) is 0 Å². The predicted molar refractivity (Wildman–Crippen MR) is 152 cm³/mol. The molecule has 1 unspecified atom stereocenters. The lowest BCUT2D eigenvalue weighted by Gasteiger charge is -2.41. The minimum Gasteiger partial charge on any atom is -0.394 e. The Morgan fingerprint density at radius 3 is 2.49 bits per heavy atom. The van der Waals surface area contributed by atoms with Crippen LogP contribution in [0, 0.1) is 11.8 Å². The van der Waals surface area contributed by atoms with Crippen LogP contribution in [0.1, 0.15) is 57.1 Å². The van der Waals surface area contributed by atoms with Crippen molar-refractivity contribution in [2.45, 2.75) is 73.6 Å². The largest absolute Gasteiger partial charge is 0.394 e. The highest BCUT2D eigenvalue weighted by molar-refractivity contribution is 8.02. The Kier molecular flexibility index (Phi) is 7.35. The van der Waals surface area contributed by atoms with Crippen molar-refractivity contribution in [2.75, 3.05) is 26.2 Å². The van der Waals surface area contributed by atoms with Crippen molar-refractivity contribution in [1.82, 2.24) is 14.7 Å². The van der Waals surface area contributed by atoms with Crippen molar-refractivity contribution in [1.29, 1.82) is 0 Å². The average molecular weight is 550 g/mol. The van der Waals surface area contributed by atoms with Crippen molar-refractivity contribution in [3.63, 3.8) is 0 Å². The van der Waals surface area contributed by atoms with Gasteiger partial charge in [-0.2, -0.15) is 0 Å². The smallest absolute Gasteiger partial charge is 0.247 e. The Morgan fingerprint density at radius 2 is 1.77 bits per heavy atom. The van der Waals surface area contributed by atoms with E-state index in [1.165, 1.54) is 6.42 Å². The summed E-state index contributed by atoms with van der Waals surface area (Å²) in [6, 6.07) is 8.24. The number of nitrogens with zero attached hydrogens (tertiary/aromatic N) is 3. The lowest BCUT2D eigenvalue weighted by Crippen LogP contribution is -2.56. The molecular weight excluding hydrogens is 510 g/mol. The molecule has 4 aliphatic heterocycles. The Labute approximate surface area is 235 Å². The third kappa shape index (κ3) is 4.26. The van der Waals surface area contributed by atoms with Gasteiger partial charge in [-0.3, -0.25) is 14.4 Å². The number of rotatable bonds is 6. The molecule has 2 saturated heterocycles. The van der Waals surface area contributed by atoms with E-state index in [-0.39, 0.29) is 35.6 Å². The molecule has 0 radical (unpaired) electrons. The molecule has 3 fully saturated rings. The summed E-state index contributed by atoms with van der Waals surface area (Å²) in [5.74, 6) is -1.41. The van der Waals surface area contributed by atoms with Crippen LogP contribution in [0.25, 0.3) is 0 Å². The number of hydrogen-bond acceptors (Lipinski definition) is 5. The highest BCUT2D eigenvalue weighted by atomic mass is 32.2. The fourth-order valence-electron chi connectivity index (χ4n) is 7.70. The zero-order valence-electron chi connectivity index (χ0n) is 22.7. The Balaban J connectivity index is 1.47. The lowest BCUT2D eigenvalue weighted by molar-refractivity contribution is -0.148. The molecule has 1 spiro atoms. The van der Waals surface area contributed by atoms with Gasteiger partial charge < -0.3 is 19.8 Å². The van der Waals surface area contributed by atoms with Crippen LogP contribution < -0.4 is 0 Å². The van der Waals surface area contributed by atoms with Crippen LogP contribution in [0.5, 0.6) is 0 Å². The SMILES string of the molecule is CCCN1CC=C[C@H]2S[C@]34C=CCN(C5CCCCC5)C(=O)C3N([C@H](CO)c3ccccc3)C(=O)[C@@H]4[C@H]2C1=O. The van der Waals surface area contributed by atoms with Crippen molar-refractivity contribution >= 4 is 29.5 Å². The van der Waals surface area contributed by atoms with Crippen LogP contribution in [0.3, 0.4) is 0 Å². The highest BCUT2D eigenvalue weighted by Crippen LogP contribution is 2.62. The van der Waals surface area contributed by atoms with E-state index < -0.39 is 28.7 Å². The zero-order chi connectivity index (χ0) is 27.1. The van der Waals surface area contributed by atoms with E-state index in [0.29, 0.717) is 19.6 Å². The van der Waals surface area contributed by atoms with E-state index in [1.807, 2.05) is 40.1 Å². The van der Waals surface area contributed by atoms with Gasteiger partial charge in [0.2, 0.25) is 17.7 Å². The number of amides is 3. The first-order valence-corrected chi connectivity index (χ1v) is 15.5. The highest BCUT2D eigenvalue weighted by Gasteiger charge is 2.72. The number of likely N-dealkylation sites (tertiary alicyclic amines) is 1. The minimum atomic E-state index is -0.857. The monoisotopic (exact) mass is 549 g/mol. The summed E-state index contributed by atoms with van der Waals surface area (Å²) in [6.07, 6.45) is 14.5. The molecule has 1 saturated carbocycles. The van der Waals surface area contributed by atoms with Gasteiger partial charge in [0.1, 0.15) is 6.04 Å². The van der Waals surface area contributed by atoms with Crippen LogP contribution >= 0.6 is 11.8 Å². The van der Waals surface area contributed by atoms with Gasteiger partial charge >= 0.3 is 0 Å². The first-order valence-electron chi connectivity index (χ1n) is 14.6. The van der Waals surface area contributed by atoms with Crippen molar-refractivity contribution in [3.05, 3.63) is 60.2 Å². The van der Waals surface area contributed by atoms with Gasteiger partial charge in [-0.05, 0) is 24.8 Å². The number of benzene rings is 1. The third-order valence-electron chi connectivity index (χ3n) is 9.41. The molecule has 1 N–H and O–H groups in total. The minimum absolute atomic E-state index is 0.00432. The molecule has 1 aliphatic carbocycles. The molecule has 6 rings (SSSR count). The fraction of sp³-hybridized carbons (Fsp3) is 0.581. The molecule has 1 aromatic rings. The first kappa shape index (κ1) is 26.6. The number of carbonyl (C=O) groups is 3. The second-order valence-electron chi connectivity index (χ2n) is 11.6. The topological polar surface area (TPSA) is 81.2 Å². The quantitative estimate of drug-likeness (QED) is 0.549. The van der Waals surface area contributed by atoms with E-state index in [9.17, 15) is 19.5 Å². The third-order valence-corrected chi connectivity index (χ3v) is 11.2. The van der Waals surface area contributed by atoms with E-state index in [4.69, 9.17) is 0 Å². The molecule has 5 aliphatic rings. The van der Waals surface area contributed by atoms with Crippen LogP contribution in [0.15, 0.2) is 54.6 Å². The number of hydrogen-bond donors (Lipinski definition) is 1. The fourth-order valence-corrected chi connectivity index (χ4v) is 9.70. The van der Waals surface area contributed by atoms with Gasteiger partial charge in [0.25, 0.3) is 0 Å². The van der Waals surface area contributed by atoms with Crippen LogP contribution in [-0.2, 0) is 14.4 Å². The summed E-state index contributed by atoms with van der Waals surface area (Å²) < 4.78 is -0.857. The molecule has 8 heteroatoms. The molecule has 39 heavy (non-hydrogen) atoms. The van der Waals surface area contributed by atoms with Gasteiger partial charge in [0, 0.05) is 30.9 Å². The molecular formula is C31H39N3O4S. The zero-order valence-corrected chi connectivity index (χ0v) is 23.5. The standard InChI is InChI=1S/C31H39N3O4S/c1-2-17-32-18-9-15-24-25(28(32)36)26-29(37)34(23(20-35)21-11-5-3-6-12-21)27-30(38)33(22-13-7-4-8-14-22)19-10-16-31(26,27)39-24/h3,5-6,9-12,15-16,22-27,35H,2,4,7-8,13-14,17-20H2,1H3/t23-,24-,25+,26+,27?,31+/m1/s1. The molecule has 1 aromatic carbocycles. The average Bonchev–Trinajstić information content (AvgIpc) is 3.28. The molecule has 6 atom stereocenters. The van der Waals surface area contributed by atoms with Gasteiger partial charge in [-0.1, -0.05) is 80.8 Å². The maximum Gasteiger partial charge on any atom is 0.247 e. The molecule has 0 bridgehead atoms. The Bertz CT molecular complexity index is 1170. The van der Waals surface area contributed by atoms with E-state index >= 15 is 0 Å². The summed E-state index contributed by atoms with van der Waals surface area (Å²) >= 11 is 1.62. The summed E-state index contributed by atoms with van der Waals surface area (Å²) in [5, 5.41) is 10.5. The predicted octanol–water partition coefficient (Wildman–Crippen LogP) is 3.56. The summed E-state index contributed by atoms with van der Waals surface area (Å²) in [6.45, 7) is 3.48. The Hall–Kier alpha value is -2.58. The van der Waals surface area contributed by atoms with E-state index in [0.717, 1.165) is 37.7 Å². The molecule has 4 heterocycles. The Morgan fingerprint density at radius 1 is 1.00 bits per heavy atom. The van der Waals surface area contributed by atoms with Crippen molar-refractivity contribution in [3.8, 4) is 0 Å². The second kappa shape index (κ2) is 10.8.